The topological polar surface area (TPSA) is 69.7 Å². The number of amides is 2. The minimum atomic E-state index is -3.46. The number of nitrogens with zero attached hydrogens (tertiary/aromatic N) is 2. The zero-order chi connectivity index (χ0) is 20.1. The van der Waals surface area contributed by atoms with E-state index in [1.54, 1.807) is 24.3 Å². The molecular formula is C21H27N3O3S. The van der Waals surface area contributed by atoms with Crippen molar-refractivity contribution in [2.24, 2.45) is 0 Å². The Bertz CT molecular complexity index is 922. The summed E-state index contributed by atoms with van der Waals surface area (Å²) in [5.74, 6) is 0. The second-order valence-corrected chi connectivity index (χ2v) is 8.77. The van der Waals surface area contributed by atoms with Crippen LogP contribution in [0.1, 0.15) is 30.5 Å². The third kappa shape index (κ3) is 4.36. The van der Waals surface area contributed by atoms with Gasteiger partial charge in [0.25, 0.3) is 0 Å². The van der Waals surface area contributed by atoms with Crippen molar-refractivity contribution in [1.29, 1.82) is 0 Å². The molecule has 2 aromatic rings. The zero-order valence-corrected chi connectivity index (χ0v) is 17.2. The predicted molar refractivity (Wildman–Crippen MR) is 109 cm³/mol. The molecule has 0 aliphatic carbocycles. The van der Waals surface area contributed by atoms with Gasteiger partial charge in [-0.2, -0.15) is 4.31 Å². The maximum absolute atomic E-state index is 12.5. The standard InChI is InChI=1S/C21H27N3O3S/c1-3-24(4-2)28(26,27)20-11-9-17(10-12-20)15-22-21(25)23-14-13-18-7-5-6-8-19(18)16-23/h5-12H,3-4,13-16H2,1-2H3,(H,22,25). The SMILES string of the molecule is CCN(CC)S(=O)(=O)c1ccc(CNC(=O)N2CCc3ccccc3C2)cc1. The number of benzene rings is 2. The van der Waals surface area contributed by atoms with E-state index in [9.17, 15) is 13.2 Å². The van der Waals surface area contributed by atoms with Crippen LogP contribution < -0.4 is 5.32 Å². The summed E-state index contributed by atoms with van der Waals surface area (Å²) >= 11 is 0. The van der Waals surface area contributed by atoms with Crippen LogP contribution in [0.2, 0.25) is 0 Å². The van der Waals surface area contributed by atoms with Gasteiger partial charge in [-0.15, -0.1) is 0 Å². The van der Waals surface area contributed by atoms with Crippen molar-refractivity contribution in [1.82, 2.24) is 14.5 Å². The van der Waals surface area contributed by atoms with Gasteiger partial charge in [0.05, 0.1) is 4.90 Å². The molecule has 0 atom stereocenters. The Morgan fingerprint density at radius 2 is 1.68 bits per heavy atom. The number of urea groups is 1. The van der Waals surface area contributed by atoms with Gasteiger partial charge in [0, 0.05) is 32.7 Å². The molecule has 150 valence electrons. The van der Waals surface area contributed by atoms with E-state index >= 15 is 0 Å². The summed E-state index contributed by atoms with van der Waals surface area (Å²) in [6, 6.07) is 14.8. The van der Waals surface area contributed by atoms with Gasteiger partial charge in [0.1, 0.15) is 0 Å². The van der Waals surface area contributed by atoms with E-state index in [4.69, 9.17) is 0 Å². The maximum Gasteiger partial charge on any atom is 0.317 e. The third-order valence-corrected chi connectivity index (χ3v) is 7.19. The van der Waals surface area contributed by atoms with E-state index < -0.39 is 10.0 Å². The second-order valence-electron chi connectivity index (χ2n) is 6.83. The van der Waals surface area contributed by atoms with E-state index in [1.807, 2.05) is 30.9 Å². The van der Waals surface area contributed by atoms with Crippen molar-refractivity contribution in [2.75, 3.05) is 19.6 Å². The lowest BCUT2D eigenvalue weighted by atomic mass is 10.0. The quantitative estimate of drug-likeness (QED) is 0.809. The Kier molecular flexibility index (Phi) is 6.36. The molecule has 2 aromatic carbocycles. The number of nitrogens with one attached hydrogen (secondary N) is 1. The molecule has 0 radical (unpaired) electrons. The first-order valence-electron chi connectivity index (χ1n) is 9.64. The Balaban J connectivity index is 1.59. The molecule has 0 spiro atoms. The molecule has 0 bridgehead atoms. The molecule has 1 aliphatic heterocycles. The summed E-state index contributed by atoms with van der Waals surface area (Å²) in [6.07, 6.45) is 0.863. The van der Waals surface area contributed by atoms with E-state index in [1.165, 1.54) is 15.4 Å². The van der Waals surface area contributed by atoms with Gasteiger partial charge >= 0.3 is 6.03 Å². The summed E-state index contributed by atoms with van der Waals surface area (Å²) < 4.78 is 26.5. The van der Waals surface area contributed by atoms with Crippen molar-refractivity contribution in [3.63, 3.8) is 0 Å². The molecule has 28 heavy (non-hydrogen) atoms. The summed E-state index contributed by atoms with van der Waals surface area (Å²) in [6.45, 7) is 6.20. The van der Waals surface area contributed by atoms with Crippen LogP contribution in [0.25, 0.3) is 0 Å². The highest BCUT2D eigenvalue weighted by molar-refractivity contribution is 7.89. The van der Waals surface area contributed by atoms with Gasteiger partial charge in [0.2, 0.25) is 10.0 Å². The molecule has 6 nitrogen and oxygen atoms in total. The second kappa shape index (κ2) is 8.75. The van der Waals surface area contributed by atoms with E-state index in [-0.39, 0.29) is 10.9 Å². The van der Waals surface area contributed by atoms with Gasteiger partial charge in [0.15, 0.2) is 0 Å². The minimum absolute atomic E-state index is 0.102. The number of rotatable bonds is 6. The summed E-state index contributed by atoms with van der Waals surface area (Å²) in [4.78, 5) is 14.6. The number of fused-ring (bicyclic) bond motifs is 1. The molecule has 0 fully saturated rings. The minimum Gasteiger partial charge on any atom is -0.334 e. The van der Waals surface area contributed by atoms with Crippen LogP contribution in [-0.4, -0.2) is 43.3 Å². The highest BCUT2D eigenvalue weighted by atomic mass is 32.2. The predicted octanol–water partition coefficient (Wildman–Crippen LogP) is 2.99. The normalized spacial score (nSPS) is 14.0. The fourth-order valence-corrected chi connectivity index (χ4v) is 4.91. The molecule has 3 rings (SSSR count). The molecule has 2 amide bonds. The van der Waals surface area contributed by atoms with E-state index in [0.717, 1.165) is 12.0 Å². The van der Waals surface area contributed by atoms with Crippen molar-refractivity contribution >= 4 is 16.1 Å². The van der Waals surface area contributed by atoms with Crippen molar-refractivity contribution in [3.05, 3.63) is 65.2 Å². The molecule has 1 N–H and O–H groups in total. The fourth-order valence-electron chi connectivity index (χ4n) is 3.45. The van der Waals surface area contributed by atoms with Crippen LogP contribution >= 0.6 is 0 Å². The molecule has 7 heteroatoms. The smallest absolute Gasteiger partial charge is 0.317 e. The Labute approximate surface area is 167 Å². The van der Waals surface area contributed by atoms with Crippen LogP contribution in [0.15, 0.2) is 53.4 Å². The van der Waals surface area contributed by atoms with Crippen LogP contribution in [-0.2, 0) is 29.5 Å². The number of carbonyl (C=O) groups excluding carboxylic acids is 1. The Morgan fingerprint density at radius 3 is 2.32 bits per heavy atom. The Morgan fingerprint density at radius 1 is 1.04 bits per heavy atom. The summed E-state index contributed by atoms with van der Waals surface area (Å²) in [5.41, 5.74) is 3.36. The first kappa shape index (κ1) is 20.4. The van der Waals surface area contributed by atoms with Crippen LogP contribution in [0.4, 0.5) is 4.79 Å². The third-order valence-electron chi connectivity index (χ3n) is 5.13. The molecule has 1 aliphatic rings. The number of sulfonamides is 1. The van der Waals surface area contributed by atoms with Gasteiger partial charge in [-0.05, 0) is 35.2 Å². The summed E-state index contributed by atoms with van der Waals surface area (Å²) in [5, 5.41) is 2.93. The van der Waals surface area contributed by atoms with Crippen molar-refractivity contribution in [3.8, 4) is 0 Å². The molecule has 0 unspecified atom stereocenters. The lowest BCUT2D eigenvalue weighted by Gasteiger charge is -2.29. The number of hydrogen-bond acceptors (Lipinski definition) is 3. The lowest BCUT2D eigenvalue weighted by Crippen LogP contribution is -2.42. The van der Waals surface area contributed by atoms with E-state index in [2.05, 4.69) is 17.4 Å². The largest absolute Gasteiger partial charge is 0.334 e. The van der Waals surface area contributed by atoms with Gasteiger partial charge < -0.3 is 10.2 Å². The Hall–Kier alpha value is -2.38. The fraction of sp³-hybridized carbons (Fsp3) is 0.381. The lowest BCUT2D eigenvalue weighted by molar-refractivity contribution is 0.192. The number of carbonyl (C=O) groups is 1. The highest BCUT2D eigenvalue weighted by Gasteiger charge is 2.22. The van der Waals surface area contributed by atoms with E-state index in [0.29, 0.717) is 32.7 Å². The monoisotopic (exact) mass is 401 g/mol. The summed E-state index contributed by atoms with van der Waals surface area (Å²) in [7, 11) is -3.46. The molecule has 0 aromatic heterocycles. The maximum atomic E-state index is 12.5. The van der Waals surface area contributed by atoms with Crippen molar-refractivity contribution in [2.45, 2.75) is 38.3 Å². The van der Waals surface area contributed by atoms with Gasteiger partial charge in [-0.25, -0.2) is 13.2 Å². The van der Waals surface area contributed by atoms with Crippen LogP contribution in [0.3, 0.4) is 0 Å². The van der Waals surface area contributed by atoms with Gasteiger partial charge in [-0.1, -0.05) is 50.2 Å². The highest BCUT2D eigenvalue weighted by Crippen LogP contribution is 2.19. The zero-order valence-electron chi connectivity index (χ0n) is 16.4. The molecular weight excluding hydrogens is 374 g/mol. The molecule has 1 heterocycles. The average Bonchev–Trinajstić information content (AvgIpc) is 2.72. The molecule has 0 saturated heterocycles. The van der Waals surface area contributed by atoms with Gasteiger partial charge in [-0.3, -0.25) is 0 Å². The molecule has 0 saturated carbocycles. The van der Waals surface area contributed by atoms with Crippen molar-refractivity contribution < 1.29 is 13.2 Å². The average molecular weight is 402 g/mol. The number of hydrogen-bond donors (Lipinski definition) is 1. The van der Waals surface area contributed by atoms with Crippen LogP contribution in [0.5, 0.6) is 0 Å². The van der Waals surface area contributed by atoms with Crippen LogP contribution in [0, 0.1) is 0 Å². The first-order valence-corrected chi connectivity index (χ1v) is 11.1. The first-order chi connectivity index (χ1) is 13.5.